The molecule has 2 aromatic carbocycles. The highest BCUT2D eigenvalue weighted by atomic mass is 16.3. The second-order valence-electron chi connectivity index (χ2n) is 11.7. The van der Waals surface area contributed by atoms with Gasteiger partial charge in [-0.25, -0.2) is 0 Å². The average molecular weight is 488 g/mol. The number of nitrogens with zero attached hydrogens (tertiary/aromatic N) is 1. The van der Waals surface area contributed by atoms with Crippen molar-refractivity contribution in [3.05, 3.63) is 83.5 Å². The lowest BCUT2D eigenvalue weighted by atomic mass is 9.48. The monoisotopic (exact) mass is 487 g/mol. The Morgan fingerprint density at radius 3 is 2.38 bits per heavy atom. The molecule has 0 aromatic heterocycles. The Hall–Kier alpha value is -3.40. The smallest absolute Gasteiger partial charge is 0.155 e. The van der Waals surface area contributed by atoms with Gasteiger partial charge in [0, 0.05) is 11.8 Å². The van der Waals surface area contributed by atoms with Crippen LogP contribution in [0.1, 0.15) is 63.0 Å². The quantitative estimate of drug-likeness (QED) is 0.486. The normalized spacial score (nSPS) is 35.8. The van der Waals surface area contributed by atoms with Gasteiger partial charge in [0.2, 0.25) is 0 Å². The molecule has 2 aromatic rings. The summed E-state index contributed by atoms with van der Waals surface area (Å²) in [6.45, 7) is 4.10. The predicted octanol–water partition coefficient (Wildman–Crippen LogP) is 6.59. The minimum absolute atomic E-state index is 0.242. The summed E-state index contributed by atoms with van der Waals surface area (Å²) in [4.78, 5) is 12.3. The largest absolute Gasteiger partial charge is 0.377 e. The first-order valence-corrected chi connectivity index (χ1v) is 13.6. The Morgan fingerprint density at radius 1 is 1.00 bits per heavy atom. The topological polar surface area (TPSA) is 61.1 Å². The maximum atomic E-state index is 12.3. The molecular formula is C34H33NO2. The van der Waals surface area contributed by atoms with Crippen LogP contribution in [-0.2, 0) is 4.79 Å². The Morgan fingerprint density at radius 2 is 1.70 bits per heavy atom. The van der Waals surface area contributed by atoms with E-state index in [9.17, 15) is 9.90 Å². The van der Waals surface area contributed by atoms with Crippen molar-refractivity contribution in [3.8, 4) is 29.0 Å². The molecule has 4 aliphatic rings. The summed E-state index contributed by atoms with van der Waals surface area (Å²) in [5.41, 5.74) is 4.13. The van der Waals surface area contributed by atoms with Crippen molar-refractivity contribution in [3.63, 3.8) is 0 Å². The third-order valence-electron chi connectivity index (χ3n) is 10.0. The first-order valence-electron chi connectivity index (χ1n) is 13.6. The van der Waals surface area contributed by atoms with Crippen LogP contribution >= 0.6 is 0 Å². The van der Waals surface area contributed by atoms with E-state index in [0.717, 1.165) is 36.8 Å². The van der Waals surface area contributed by atoms with E-state index >= 15 is 0 Å². The number of aliphatic hydroxyl groups is 1. The minimum Gasteiger partial charge on any atom is -0.377 e. The van der Waals surface area contributed by atoms with E-state index in [1.807, 2.05) is 37.3 Å². The van der Waals surface area contributed by atoms with Crippen molar-refractivity contribution in [1.82, 2.24) is 0 Å². The zero-order chi connectivity index (χ0) is 25.8. The number of benzene rings is 2. The van der Waals surface area contributed by atoms with Gasteiger partial charge in [0.15, 0.2) is 5.78 Å². The molecule has 2 saturated carbocycles. The van der Waals surface area contributed by atoms with Gasteiger partial charge in [-0.3, -0.25) is 4.79 Å². The lowest BCUT2D eigenvalue weighted by Crippen LogP contribution is -2.54. The molecule has 186 valence electrons. The second-order valence-corrected chi connectivity index (χ2v) is 11.7. The maximum Gasteiger partial charge on any atom is 0.155 e. The number of hydrogen-bond acceptors (Lipinski definition) is 3. The van der Waals surface area contributed by atoms with Crippen LogP contribution in [0.3, 0.4) is 0 Å². The molecule has 1 N–H and O–H groups in total. The molecular weight excluding hydrogens is 454 g/mol. The molecule has 0 aliphatic heterocycles. The second kappa shape index (κ2) is 8.86. The molecule has 0 bridgehead atoms. The molecule has 3 nitrogen and oxygen atoms in total. The van der Waals surface area contributed by atoms with Crippen LogP contribution in [0.25, 0.3) is 11.1 Å². The van der Waals surface area contributed by atoms with Gasteiger partial charge in [0.25, 0.3) is 0 Å². The minimum atomic E-state index is -0.968. The van der Waals surface area contributed by atoms with Crippen molar-refractivity contribution in [2.45, 2.75) is 57.5 Å². The molecule has 37 heavy (non-hydrogen) atoms. The van der Waals surface area contributed by atoms with Gasteiger partial charge < -0.3 is 5.11 Å². The SMILES string of the molecule is CC#C[C@]1(O)CC[C@H]2[C@@H]3C=CC4=CC(=O)CC[C@@H]4[C@H]3[C@@H](c3ccc(-c4ccc(C#N)cc4)cc3)C[C@@]21C. The third-order valence-corrected chi connectivity index (χ3v) is 10.0. The molecule has 0 saturated heterocycles. The lowest BCUT2D eigenvalue weighted by Gasteiger charge is -2.56. The van der Waals surface area contributed by atoms with E-state index in [4.69, 9.17) is 5.26 Å². The Balaban J connectivity index is 1.42. The average Bonchev–Trinajstić information content (AvgIpc) is 3.18. The number of hydrogen-bond donors (Lipinski definition) is 1. The zero-order valence-corrected chi connectivity index (χ0v) is 21.6. The number of allylic oxidation sites excluding steroid dienone is 4. The molecule has 3 heteroatoms. The number of fused-ring (bicyclic) bond motifs is 5. The van der Waals surface area contributed by atoms with Gasteiger partial charge >= 0.3 is 0 Å². The van der Waals surface area contributed by atoms with Crippen molar-refractivity contribution < 1.29 is 9.90 Å². The highest BCUT2D eigenvalue weighted by molar-refractivity contribution is 5.92. The van der Waals surface area contributed by atoms with E-state index in [-0.39, 0.29) is 17.1 Å². The third kappa shape index (κ3) is 3.72. The molecule has 7 atom stereocenters. The van der Waals surface area contributed by atoms with E-state index in [1.54, 1.807) is 0 Å². The summed E-state index contributed by atoms with van der Waals surface area (Å²) in [5.74, 6) is 8.33. The summed E-state index contributed by atoms with van der Waals surface area (Å²) in [5, 5.41) is 21.0. The number of nitriles is 1. The van der Waals surface area contributed by atoms with E-state index in [2.05, 4.69) is 61.3 Å². The molecule has 0 amide bonds. The fourth-order valence-electron chi connectivity index (χ4n) is 8.20. The van der Waals surface area contributed by atoms with Gasteiger partial charge in [0.1, 0.15) is 5.60 Å². The Kier molecular flexibility index (Phi) is 5.74. The van der Waals surface area contributed by atoms with Gasteiger partial charge in [-0.1, -0.05) is 61.4 Å². The summed E-state index contributed by atoms with van der Waals surface area (Å²) >= 11 is 0. The molecule has 0 heterocycles. The maximum absolute atomic E-state index is 12.3. The van der Waals surface area contributed by atoms with Gasteiger partial charge in [-0.15, -0.1) is 5.92 Å². The standard InChI is InChI=1S/C34H33NO2/c1-3-17-34(37)18-16-31-29-14-12-26-19-27(36)13-15-28(26)32(29)30(20-33(31,34)2)25-10-8-24(9-11-25)23-6-4-22(21-35)5-7-23/h4-12,14,19,28-32,37H,13,15-16,18,20H2,1-2H3/t28-,29-,30+,31-,32+,33-,34-/m0/s1. The van der Waals surface area contributed by atoms with Crippen LogP contribution in [0, 0.1) is 52.3 Å². The summed E-state index contributed by atoms with van der Waals surface area (Å²) < 4.78 is 0. The van der Waals surface area contributed by atoms with Crippen LogP contribution in [0.15, 0.2) is 72.3 Å². The molecule has 0 unspecified atom stereocenters. The first kappa shape index (κ1) is 24.0. The van der Waals surface area contributed by atoms with Crippen molar-refractivity contribution in [1.29, 1.82) is 5.26 Å². The lowest BCUT2D eigenvalue weighted by molar-refractivity contribution is -0.116. The zero-order valence-electron chi connectivity index (χ0n) is 21.6. The fourth-order valence-corrected chi connectivity index (χ4v) is 8.20. The van der Waals surface area contributed by atoms with E-state index < -0.39 is 5.60 Å². The number of ketones is 1. The van der Waals surface area contributed by atoms with E-state index in [1.165, 1.54) is 11.1 Å². The molecule has 0 spiro atoms. The molecule has 0 radical (unpaired) electrons. The van der Waals surface area contributed by atoms with Crippen LogP contribution in [0.4, 0.5) is 0 Å². The highest BCUT2D eigenvalue weighted by Crippen LogP contribution is 2.67. The highest BCUT2D eigenvalue weighted by Gasteiger charge is 2.64. The van der Waals surface area contributed by atoms with Crippen molar-refractivity contribution >= 4 is 5.78 Å². The molecule has 2 fully saturated rings. The van der Waals surface area contributed by atoms with Crippen LogP contribution in [0.2, 0.25) is 0 Å². The molecule has 4 aliphatic carbocycles. The van der Waals surface area contributed by atoms with Gasteiger partial charge in [0.05, 0.1) is 11.6 Å². The van der Waals surface area contributed by atoms with Gasteiger partial charge in [-0.05, 0) is 103 Å². The Bertz CT molecular complexity index is 1400. The van der Waals surface area contributed by atoms with E-state index in [0.29, 0.717) is 35.7 Å². The number of rotatable bonds is 2. The van der Waals surface area contributed by atoms with Gasteiger partial charge in [-0.2, -0.15) is 5.26 Å². The summed E-state index contributed by atoms with van der Waals surface area (Å²) in [7, 11) is 0. The molecule has 6 rings (SSSR count). The number of carbonyl (C=O) groups excluding carboxylic acids is 1. The summed E-state index contributed by atoms with van der Waals surface area (Å²) in [6.07, 6.45) is 10.6. The number of carbonyl (C=O) groups is 1. The van der Waals surface area contributed by atoms with Crippen LogP contribution in [0.5, 0.6) is 0 Å². The van der Waals surface area contributed by atoms with Crippen LogP contribution in [-0.4, -0.2) is 16.5 Å². The van der Waals surface area contributed by atoms with Crippen LogP contribution < -0.4 is 0 Å². The van der Waals surface area contributed by atoms with Crippen molar-refractivity contribution in [2.24, 2.45) is 29.1 Å². The first-order chi connectivity index (χ1) is 17.9. The summed E-state index contributed by atoms with van der Waals surface area (Å²) in [6, 6.07) is 18.8. The van der Waals surface area contributed by atoms with Crippen molar-refractivity contribution in [2.75, 3.05) is 0 Å². The Labute approximate surface area is 219 Å². The fraction of sp³-hybridized carbons (Fsp3) is 0.412. The predicted molar refractivity (Wildman–Crippen MR) is 145 cm³/mol.